The molecule has 0 saturated heterocycles. The highest BCUT2D eigenvalue weighted by Crippen LogP contribution is 2.34. The molecule has 1 aliphatic carbocycles. The van der Waals surface area contributed by atoms with Gasteiger partial charge in [-0.15, -0.1) is 0 Å². The predicted octanol–water partition coefficient (Wildman–Crippen LogP) is 4.73. The summed E-state index contributed by atoms with van der Waals surface area (Å²) < 4.78 is 15.4. The molecule has 0 bridgehead atoms. The number of benzene rings is 1. The molecule has 0 atom stereocenters. The first-order chi connectivity index (χ1) is 14.2. The summed E-state index contributed by atoms with van der Waals surface area (Å²) in [5, 5.41) is 8.38. The van der Waals surface area contributed by atoms with Crippen LogP contribution in [0.1, 0.15) is 35.5 Å². The Balaban J connectivity index is 1.66. The molecule has 6 heteroatoms. The van der Waals surface area contributed by atoms with Crippen molar-refractivity contribution in [3.63, 3.8) is 0 Å². The summed E-state index contributed by atoms with van der Waals surface area (Å²) in [5.74, 6) is 0.748. The van der Waals surface area contributed by atoms with E-state index in [-0.39, 0.29) is 5.82 Å². The van der Waals surface area contributed by atoms with Crippen molar-refractivity contribution in [2.24, 2.45) is 0 Å². The number of pyridine rings is 1. The minimum atomic E-state index is -0.245. The lowest BCUT2D eigenvalue weighted by Gasteiger charge is -2.20. The van der Waals surface area contributed by atoms with E-state index >= 15 is 0 Å². The monoisotopic (exact) mass is 387 g/mol. The lowest BCUT2D eigenvalue weighted by atomic mass is 9.96. The number of rotatable bonds is 4. The Morgan fingerprint density at radius 1 is 1.07 bits per heavy atom. The molecule has 0 unspecified atom stereocenters. The van der Waals surface area contributed by atoms with Crippen LogP contribution in [0.2, 0.25) is 0 Å². The number of hydrogen-bond acceptors (Lipinski definition) is 4. The Morgan fingerprint density at radius 2 is 1.90 bits per heavy atom. The summed E-state index contributed by atoms with van der Waals surface area (Å²) in [4.78, 5) is 9.42. The zero-order valence-corrected chi connectivity index (χ0v) is 16.3. The van der Waals surface area contributed by atoms with E-state index in [0.717, 1.165) is 65.4 Å². The minimum Gasteiger partial charge on any atom is -0.364 e. The van der Waals surface area contributed by atoms with Gasteiger partial charge in [0.2, 0.25) is 0 Å². The Bertz CT molecular complexity index is 1170. The van der Waals surface area contributed by atoms with Gasteiger partial charge in [0.25, 0.3) is 0 Å². The molecule has 3 aromatic heterocycles. The Morgan fingerprint density at radius 3 is 2.69 bits per heavy atom. The average molecular weight is 387 g/mol. The van der Waals surface area contributed by atoms with Crippen LogP contribution in [0.25, 0.3) is 16.8 Å². The van der Waals surface area contributed by atoms with Crippen LogP contribution >= 0.6 is 0 Å². The van der Waals surface area contributed by atoms with Crippen LogP contribution in [0.4, 0.5) is 10.2 Å². The summed E-state index contributed by atoms with van der Waals surface area (Å²) in [6.07, 6.45) is 6.07. The number of fused-ring (bicyclic) bond motifs is 2. The maximum Gasteiger partial charge on any atom is 0.165 e. The summed E-state index contributed by atoms with van der Waals surface area (Å²) in [6, 6.07) is 12.5. The van der Waals surface area contributed by atoms with E-state index in [9.17, 15) is 4.39 Å². The van der Waals surface area contributed by atoms with Gasteiger partial charge in [0.15, 0.2) is 5.65 Å². The molecule has 0 fully saturated rings. The quantitative estimate of drug-likeness (QED) is 0.550. The third kappa shape index (κ3) is 3.24. The van der Waals surface area contributed by atoms with Gasteiger partial charge < -0.3 is 5.32 Å². The van der Waals surface area contributed by atoms with Gasteiger partial charge in [-0.1, -0.05) is 18.2 Å². The molecule has 3 heterocycles. The minimum absolute atomic E-state index is 0.245. The van der Waals surface area contributed by atoms with E-state index in [1.807, 2.05) is 29.6 Å². The number of aromatic nitrogens is 4. The zero-order valence-electron chi connectivity index (χ0n) is 16.3. The number of nitrogens with one attached hydrogen (secondary N) is 1. The van der Waals surface area contributed by atoms with Crippen molar-refractivity contribution in [1.82, 2.24) is 19.6 Å². The fourth-order valence-corrected chi connectivity index (χ4v) is 4.11. The average Bonchev–Trinajstić information content (AvgIpc) is 3.08. The first-order valence-electron chi connectivity index (χ1n) is 10.0. The normalized spacial score (nSPS) is 13.4. The highest BCUT2D eigenvalue weighted by molar-refractivity contribution is 5.81. The lowest BCUT2D eigenvalue weighted by molar-refractivity contribution is 0.628. The molecular weight excluding hydrogens is 365 g/mol. The van der Waals surface area contributed by atoms with E-state index < -0.39 is 0 Å². The largest absolute Gasteiger partial charge is 0.364 e. The van der Waals surface area contributed by atoms with Crippen molar-refractivity contribution in [2.75, 3.05) is 5.32 Å². The third-order valence-electron chi connectivity index (χ3n) is 5.51. The number of hydrogen-bond donors (Lipinski definition) is 1. The van der Waals surface area contributed by atoms with Crippen LogP contribution in [0, 0.1) is 12.7 Å². The molecule has 0 aliphatic heterocycles. The summed E-state index contributed by atoms with van der Waals surface area (Å²) in [6.45, 7) is 2.60. The van der Waals surface area contributed by atoms with E-state index in [0.29, 0.717) is 6.54 Å². The molecule has 1 aromatic carbocycles. The van der Waals surface area contributed by atoms with E-state index in [2.05, 4.69) is 10.3 Å². The van der Waals surface area contributed by atoms with Crippen LogP contribution in [0.5, 0.6) is 0 Å². The Labute approximate surface area is 168 Å². The van der Waals surface area contributed by atoms with Gasteiger partial charge in [-0.2, -0.15) is 9.61 Å². The lowest BCUT2D eigenvalue weighted by Crippen LogP contribution is -2.15. The molecule has 0 saturated carbocycles. The SMILES string of the molecule is Cc1nn2c(NCc3ccccn3)c3c(nc2c1-c1ccc(F)cc1)CCCC3. The highest BCUT2D eigenvalue weighted by atomic mass is 19.1. The smallest absolute Gasteiger partial charge is 0.165 e. The van der Waals surface area contributed by atoms with Crippen molar-refractivity contribution < 1.29 is 4.39 Å². The van der Waals surface area contributed by atoms with E-state index in [1.54, 1.807) is 18.3 Å². The van der Waals surface area contributed by atoms with Crippen molar-refractivity contribution in [3.05, 3.63) is 77.1 Å². The molecule has 0 spiro atoms. The molecule has 0 radical (unpaired) electrons. The molecular formula is C23H22FN5. The van der Waals surface area contributed by atoms with Gasteiger partial charge >= 0.3 is 0 Å². The van der Waals surface area contributed by atoms with Gasteiger partial charge in [-0.05, 0) is 62.4 Å². The topological polar surface area (TPSA) is 55.1 Å². The maximum absolute atomic E-state index is 13.4. The molecule has 1 N–H and O–H groups in total. The second kappa shape index (κ2) is 7.28. The zero-order chi connectivity index (χ0) is 19.8. The van der Waals surface area contributed by atoms with Gasteiger partial charge in [-0.25, -0.2) is 9.37 Å². The number of anilines is 1. The molecule has 5 nitrogen and oxygen atoms in total. The van der Waals surface area contributed by atoms with Crippen molar-refractivity contribution in [3.8, 4) is 11.1 Å². The van der Waals surface area contributed by atoms with Crippen LogP contribution in [-0.2, 0) is 19.4 Å². The van der Waals surface area contributed by atoms with Crippen molar-refractivity contribution in [1.29, 1.82) is 0 Å². The highest BCUT2D eigenvalue weighted by Gasteiger charge is 2.23. The van der Waals surface area contributed by atoms with Crippen LogP contribution in [-0.4, -0.2) is 19.6 Å². The van der Waals surface area contributed by atoms with E-state index in [4.69, 9.17) is 10.1 Å². The van der Waals surface area contributed by atoms with Gasteiger partial charge in [0, 0.05) is 23.0 Å². The van der Waals surface area contributed by atoms with Crippen molar-refractivity contribution in [2.45, 2.75) is 39.2 Å². The van der Waals surface area contributed by atoms with Gasteiger partial charge in [0.05, 0.1) is 17.9 Å². The standard InChI is InChI=1S/C23H22FN5/c1-15-21(16-9-11-17(24)12-10-16)23-27-20-8-3-2-7-19(20)22(29(23)28-15)26-14-18-6-4-5-13-25-18/h4-6,9-13,26H,2-3,7-8,14H2,1H3. The molecule has 146 valence electrons. The maximum atomic E-state index is 13.4. The Hall–Kier alpha value is -3.28. The second-order valence-corrected chi connectivity index (χ2v) is 7.47. The summed E-state index contributed by atoms with van der Waals surface area (Å²) >= 11 is 0. The number of aryl methyl sites for hydroxylation is 2. The molecule has 29 heavy (non-hydrogen) atoms. The van der Waals surface area contributed by atoms with Crippen LogP contribution in [0.3, 0.4) is 0 Å². The van der Waals surface area contributed by atoms with Gasteiger partial charge in [0.1, 0.15) is 11.6 Å². The van der Waals surface area contributed by atoms with Gasteiger partial charge in [-0.3, -0.25) is 4.98 Å². The summed E-state index contributed by atoms with van der Waals surface area (Å²) in [7, 11) is 0. The van der Waals surface area contributed by atoms with Crippen LogP contribution in [0.15, 0.2) is 48.7 Å². The molecule has 4 aromatic rings. The molecule has 0 amide bonds. The second-order valence-electron chi connectivity index (χ2n) is 7.47. The van der Waals surface area contributed by atoms with Crippen molar-refractivity contribution >= 4 is 11.5 Å². The summed E-state index contributed by atoms with van der Waals surface area (Å²) in [5.41, 5.74) is 6.94. The van der Waals surface area contributed by atoms with Crippen LogP contribution < -0.4 is 5.32 Å². The molecule has 1 aliphatic rings. The first kappa shape index (κ1) is 17.8. The molecule has 5 rings (SSSR count). The fourth-order valence-electron chi connectivity index (χ4n) is 4.11. The first-order valence-corrected chi connectivity index (χ1v) is 10.0. The fraction of sp³-hybridized carbons (Fsp3) is 0.261. The Kier molecular flexibility index (Phi) is 4.46. The van der Waals surface area contributed by atoms with E-state index in [1.165, 1.54) is 17.7 Å². The predicted molar refractivity (Wildman–Crippen MR) is 111 cm³/mol. The number of nitrogens with zero attached hydrogens (tertiary/aromatic N) is 4. The number of halogens is 1. The third-order valence-corrected chi connectivity index (χ3v) is 5.51.